The van der Waals surface area contributed by atoms with Crippen LogP contribution in [0.25, 0.3) is 34.0 Å². The zero-order valence-electron chi connectivity index (χ0n) is 32.9. The Balaban J connectivity index is 1.20. The van der Waals surface area contributed by atoms with Crippen molar-refractivity contribution in [2.24, 2.45) is 0 Å². The minimum atomic E-state index is -0.151. The fourth-order valence-corrected chi connectivity index (χ4v) is 9.86. The molecule has 7 aromatic carbocycles. The molecular formula is C53H44BN2S. The van der Waals surface area contributed by atoms with E-state index >= 15 is 0 Å². The first kappa shape index (κ1) is 35.4. The first-order chi connectivity index (χ1) is 27.6. The van der Waals surface area contributed by atoms with E-state index in [2.05, 4.69) is 203 Å². The molecule has 0 spiro atoms. The average Bonchev–Trinajstić information content (AvgIpc) is 3.44. The van der Waals surface area contributed by atoms with Gasteiger partial charge in [0.05, 0.1) is 5.69 Å². The summed E-state index contributed by atoms with van der Waals surface area (Å²) in [4.78, 5) is 3.40. The summed E-state index contributed by atoms with van der Waals surface area (Å²) in [7, 11) is 2.29. The fraction of sp³-hybridized carbons (Fsp3) is 0.132. The number of nitrogens with one attached hydrogen (secondary N) is 1. The summed E-state index contributed by atoms with van der Waals surface area (Å²) < 4.78 is 0. The van der Waals surface area contributed by atoms with Crippen molar-refractivity contribution in [3.8, 4) is 22.3 Å². The molecule has 0 atom stereocenters. The SMILES string of the molecule is C=C1[B]c2cc3c(cc2N(c2ccc(S)cc2-c2ccccc2)/C1=c1\cccc\c1=C\Cc1cccc2c1Nc1ccccc1C2(C)C)C(C)(C)c1ccccc1-3. The van der Waals surface area contributed by atoms with Crippen molar-refractivity contribution in [1.29, 1.82) is 0 Å². The molecule has 2 nitrogen and oxygen atoms in total. The number of nitrogens with zero attached hydrogens (tertiary/aromatic N) is 1. The first-order valence-electron chi connectivity index (χ1n) is 19.9. The molecule has 2 aliphatic heterocycles. The molecule has 1 aliphatic carbocycles. The van der Waals surface area contributed by atoms with Crippen LogP contribution in [0.5, 0.6) is 0 Å². The Morgan fingerprint density at radius 2 is 1.33 bits per heavy atom. The van der Waals surface area contributed by atoms with Crippen molar-refractivity contribution in [3.05, 3.63) is 202 Å². The summed E-state index contributed by atoms with van der Waals surface area (Å²) in [5, 5.41) is 6.14. The second-order valence-electron chi connectivity index (χ2n) is 16.7. The molecule has 3 aliphatic rings. The summed E-state index contributed by atoms with van der Waals surface area (Å²) in [6, 6.07) is 55.2. The molecule has 0 saturated heterocycles. The van der Waals surface area contributed by atoms with Crippen molar-refractivity contribution in [3.63, 3.8) is 0 Å². The Labute approximate surface area is 342 Å². The lowest BCUT2D eigenvalue weighted by Gasteiger charge is -2.38. The van der Waals surface area contributed by atoms with Gasteiger partial charge >= 0.3 is 0 Å². The van der Waals surface area contributed by atoms with Crippen LogP contribution in [-0.2, 0) is 17.3 Å². The highest BCUT2D eigenvalue weighted by Gasteiger charge is 2.39. The van der Waals surface area contributed by atoms with Gasteiger partial charge < -0.3 is 10.2 Å². The number of anilines is 4. The maximum Gasteiger partial charge on any atom is 0.196 e. The summed E-state index contributed by atoms with van der Waals surface area (Å²) in [5.41, 5.74) is 19.1. The van der Waals surface area contributed by atoms with Crippen LogP contribution in [-0.4, -0.2) is 7.28 Å². The molecular weight excluding hydrogens is 707 g/mol. The molecule has 7 aromatic rings. The van der Waals surface area contributed by atoms with E-state index in [1.165, 1.54) is 55.5 Å². The van der Waals surface area contributed by atoms with Gasteiger partial charge in [-0.25, -0.2) is 0 Å². The van der Waals surface area contributed by atoms with Crippen molar-refractivity contribution >= 4 is 59.9 Å². The van der Waals surface area contributed by atoms with Crippen LogP contribution in [0.3, 0.4) is 0 Å². The highest BCUT2D eigenvalue weighted by Crippen LogP contribution is 2.51. The molecule has 4 heteroatoms. The third-order valence-electron chi connectivity index (χ3n) is 12.6. The monoisotopic (exact) mass is 751 g/mol. The van der Waals surface area contributed by atoms with Gasteiger partial charge in [0.25, 0.3) is 0 Å². The lowest BCUT2D eigenvalue weighted by Crippen LogP contribution is -2.42. The normalized spacial score (nSPS) is 16.8. The maximum absolute atomic E-state index is 4.87. The topological polar surface area (TPSA) is 15.3 Å². The van der Waals surface area contributed by atoms with E-state index in [1.54, 1.807) is 0 Å². The van der Waals surface area contributed by atoms with Gasteiger partial charge in [-0.05, 0) is 86.5 Å². The third-order valence-corrected chi connectivity index (χ3v) is 12.9. The van der Waals surface area contributed by atoms with E-state index in [4.69, 9.17) is 19.2 Å². The number of thiol groups is 1. The van der Waals surface area contributed by atoms with E-state index in [1.807, 2.05) is 0 Å². The first-order valence-corrected chi connectivity index (χ1v) is 20.4. The lowest BCUT2D eigenvalue weighted by atomic mass is 9.58. The van der Waals surface area contributed by atoms with Crippen LogP contribution in [0.4, 0.5) is 22.7 Å². The molecule has 0 amide bonds. The van der Waals surface area contributed by atoms with Gasteiger partial charge in [-0.2, -0.15) is 0 Å². The number of benzene rings is 7. The largest absolute Gasteiger partial charge is 0.355 e. The number of rotatable bonds is 4. The molecule has 1 radical (unpaired) electrons. The molecule has 2 heterocycles. The quantitative estimate of drug-likeness (QED) is 0.138. The van der Waals surface area contributed by atoms with Crippen molar-refractivity contribution in [2.45, 2.75) is 49.8 Å². The average molecular weight is 752 g/mol. The highest BCUT2D eigenvalue weighted by atomic mass is 32.1. The Hall–Kier alpha value is -5.97. The summed E-state index contributed by atoms with van der Waals surface area (Å²) in [5.74, 6) is 0. The zero-order chi connectivity index (χ0) is 39.1. The molecule has 0 saturated carbocycles. The fourth-order valence-electron chi connectivity index (χ4n) is 9.66. The van der Waals surface area contributed by atoms with Crippen molar-refractivity contribution < 1.29 is 0 Å². The van der Waals surface area contributed by atoms with Gasteiger partial charge in [-0.15, -0.1) is 19.2 Å². The van der Waals surface area contributed by atoms with E-state index < -0.39 is 0 Å². The van der Waals surface area contributed by atoms with Crippen molar-refractivity contribution in [1.82, 2.24) is 0 Å². The van der Waals surface area contributed by atoms with Crippen LogP contribution in [0.1, 0.15) is 55.5 Å². The highest BCUT2D eigenvalue weighted by molar-refractivity contribution is 7.80. The van der Waals surface area contributed by atoms with E-state index in [-0.39, 0.29) is 10.8 Å². The second kappa shape index (κ2) is 13.3. The minimum absolute atomic E-state index is 0.111. The van der Waals surface area contributed by atoms with Crippen molar-refractivity contribution in [2.75, 3.05) is 10.2 Å². The van der Waals surface area contributed by atoms with Gasteiger partial charge in [0.15, 0.2) is 7.28 Å². The number of para-hydroxylation sites is 2. The molecule has 0 aromatic heterocycles. The van der Waals surface area contributed by atoms with E-state index in [0.29, 0.717) is 0 Å². The number of hydrogen-bond donors (Lipinski definition) is 2. The number of hydrogen-bond acceptors (Lipinski definition) is 3. The van der Waals surface area contributed by atoms with Crippen LogP contribution >= 0.6 is 12.6 Å². The number of fused-ring (bicyclic) bond motifs is 6. The molecule has 10 rings (SSSR count). The summed E-state index contributed by atoms with van der Waals surface area (Å²) in [6.07, 6.45) is 3.17. The lowest BCUT2D eigenvalue weighted by molar-refractivity contribution is 0.637. The molecule has 0 unspecified atom stereocenters. The van der Waals surface area contributed by atoms with E-state index in [0.717, 1.165) is 55.7 Å². The van der Waals surface area contributed by atoms with Crippen LogP contribution in [0.2, 0.25) is 0 Å². The smallest absolute Gasteiger partial charge is 0.196 e. The van der Waals surface area contributed by atoms with Crippen LogP contribution in [0.15, 0.2) is 169 Å². The van der Waals surface area contributed by atoms with Gasteiger partial charge in [0.1, 0.15) is 0 Å². The van der Waals surface area contributed by atoms with E-state index in [9.17, 15) is 0 Å². The Morgan fingerprint density at radius 3 is 2.18 bits per heavy atom. The van der Waals surface area contributed by atoms with Crippen LogP contribution < -0.4 is 26.1 Å². The van der Waals surface area contributed by atoms with Gasteiger partial charge in [0, 0.05) is 49.3 Å². The van der Waals surface area contributed by atoms with Gasteiger partial charge in [-0.1, -0.05) is 166 Å². The molecule has 0 fully saturated rings. The molecule has 0 bridgehead atoms. The summed E-state index contributed by atoms with van der Waals surface area (Å²) >= 11 is 4.87. The molecule has 1 N–H and O–H groups in total. The second-order valence-corrected chi connectivity index (χ2v) is 17.2. The maximum atomic E-state index is 4.87. The van der Waals surface area contributed by atoms with Crippen LogP contribution in [0, 0.1) is 0 Å². The van der Waals surface area contributed by atoms with Gasteiger partial charge in [0.2, 0.25) is 0 Å². The zero-order valence-corrected chi connectivity index (χ0v) is 33.8. The standard InChI is InChI=1S/C53H44BN2S/c1-33-51(38-20-10-9-18-35(38)26-27-36-19-15-24-44-50(36)55-47-25-14-13-23-43(47)53(44,4)5)56(48-29-28-37(57)30-40(48)34-16-7-6-8-17-34)49-32-45-41(31-46(49)54-33)39-21-11-12-22-42(39)52(45,2)3/h6-26,28-32,55,57H,1,27H2,2-5H3/b35-26-,51-38+. The Bertz CT molecular complexity index is 2920. The predicted molar refractivity (Wildman–Crippen MR) is 245 cm³/mol. The summed E-state index contributed by atoms with van der Waals surface area (Å²) in [6.45, 7) is 14.2. The predicted octanol–water partition coefficient (Wildman–Crippen LogP) is 11.2. The Morgan fingerprint density at radius 1 is 0.632 bits per heavy atom. The molecule has 275 valence electrons. The third kappa shape index (κ3) is 5.64. The Kier molecular flexibility index (Phi) is 8.28. The minimum Gasteiger partial charge on any atom is -0.355 e. The molecule has 57 heavy (non-hydrogen) atoms. The van der Waals surface area contributed by atoms with Gasteiger partial charge in [-0.3, -0.25) is 0 Å².